The van der Waals surface area contributed by atoms with Crippen molar-refractivity contribution in [2.75, 3.05) is 7.11 Å². The molecule has 1 heterocycles. The molecule has 0 aromatic heterocycles. The van der Waals surface area contributed by atoms with Gasteiger partial charge in [0.15, 0.2) is 0 Å². The van der Waals surface area contributed by atoms with Crippen LogP contribution in [0.1, 0.15) is 24.5 Å². The molecular formula is C23H19NO3. The summed E-state index contributed by atoms with van der Waals surface area (Å²) in [6, 6.07) is 23.6. The topological polar surface area (TPSA) is 59.3 Å². The van der Waals surface area contributed by atoms with E-state index in [1.165, 1.54) is 0 Å². The molecular weight excluding hydrogens is 338 g/mol. The minimum absolute atomic E-state index is 0.144. The summed E-state index contributed by atoms with van der Waals surface area (Å²) in [6.45, 7) is 1.93. The van der Waals surface area contributed by atoms with Gasteiger partial charge in [0.2, 0.25) is 5.60 Å². The molecule has 4 nitrogen and oxygen atoms in total. The molecule has 4 heteroatoms. The molecule has 2 atom stereocenters. The average molecular weight is 357 g/mol. The smallest absolute Gasteiger partial charge is 0.308 e. The number of ether oxygens (including phenoxy) is 2. The quantitative estimate of drug-likeness (QED) is 0.649. The van der Waals surface area contributed by atoms with Crippen LogP contribution in [0.2, 0.25) is 0 Å². The van der Waals surface area contributed by atoms with Crippen molar-refractivity contribution >= 4 is 16.7 Å². The van der Waals surface area contributed by atoms with Crippen LogP contribution in [0.4, 0.5) is 0 Å². The number of rotatable bonds is 3. The average Bonchev–Trinajstić information content (AvgIpc) is 2.99. The van der Waals surface area contributed by atoms with Gasteiger partial charge in [-0.05, 0) is 35.4 Å². The Hall–Kier alpha value is -3.32. The highest BCUT2D eigenvalue weighted by molar-refractivity contribution is 5.84. The van der Waals surface area contributed by atoms with Gasteiger partial charge in [0.25, 0.3) is 0 Å². The molecule has 1 saturated heterocycles. The van der Waals surface area contributed by atoms with E-state index in [2.05, 4.69) is 6.07 Å². The lowest BCUT2D eigenvalue weighted by molar-refractivity contribution is -0.146. The van der Waals surface area contributed by atoms with Gasteiger partial charge in [-0.15, -0.1) is 0 Å². The Balaban J connectivity index is 1.91. The lowest BCUT2D eigenvalue weighted by atomic mass is 9.66. The Morgan fingerprint density at radius 1 is 1.00 bits per heavy atom. The highest BCUT2D eigenvalue weighted by Crippen LogP contribution is 2.52. The molecule has 3 aromatic carbocycles. The SMILES string of the molecule is COc1ccc([C@]2(C#N)OC(=O)C[C@@]2(C)c2ccc3ccccc3c2)cc1. The van der Waals surface area contributed by atoms with Crippen molar-refractivity contribution in [2.45, 2.75) is 24.4 Å². The maximum atomic E-state index is 12.4. The summed E-state index contributed by atoms with van der Waals surface area (Å²) in [5.41, 5.74) is -0.646. The van der Waals surface area contributed by atoms with Gasteiger partial charge in [0.1, 0.15) is 11.8 Å². The Kier molecular flexibility index (Phi) is 3.89. The van der Waals surface area contributed by atoms with E-state index >= 15 is 0 Å². The molecule has 1 fully saturated rings. The molecule has 0 spiro atoms. The molecule has 0 saturated carbocycles. The summed E-state index contributed by atoms with van der Waals surface area (Å²) in [5.74, 6) is 0.312. The van der Waals surface area contributed by atoms with Crippen LogP contribution in [-0.4, -0.2) is 13.1 Å². The zero-order valence-electron chi connectivity index (χ0n) is 15.2. The summed E-state index contributed by atoms with van der Waals surface area (Å²) in [6.07, 6.45) is 0.144. The molecule has 0 unspecified atom stereocenters. The van der Waals surface area contributed by atoms with E-state index in [4.69, 9.17) is 9.47 Å². The van der Waals surface area contributed by atoms with Gasteiger partial charge in [0, 0.05) is 5.56 Å². The first-order chi connectivity index (χ1) is 13.0. The van der Waals surface area contributed by atoms with Gasteiger partial charge >= 0.3 is 5.97 Å². The summed E-state index contributed by atoms with van der Waals surface area (Å²) < 4.78 is 10.9. The molecule has 0 bridgehead atoms. The fourth-order valence-corrected chi connectivity index (χ4v) is 3.98. The molecule has 0 N–H and O–H groups in total. The van der Waals surface area contributed by atoms with E-state index < -0.39 is 11.0 Å². The number of esters is 1. The number of methoxy groups -OCH3 is 1. The molecule has 3 aromatic rings. The highest BCUT2D eigenvalue weighted by atomic mass is 16.6. The molecule has 1 aliphatic rings. The summed E-state index contributed by atoms with van der Waals surface area (Å²) in [4.78, 5) is 12.4. The number of carbonyl (C=O) groups is 1. The highest BCUT2D eigenvalue weighted by Gasteiger charge is 2.60. The van der Waals surface area contributed by atoms with E-state index in [0.717, 1.165) is 16.3 Å². The number of hydrogen-bond donors (Lipinski definition) is 0. The minimum Gasteiger partial charge on any atom is -0.497 e. The van der Waals surface area contributed by atoms with Crippen molar-refractivity contribution in [3.05, 3.63) is 77.9 Å². The maximum Gasteiger partial charge on any atom is 0.308 e. The second kappa shape index (κ2) is 6.14. The number of hydrogen-bond acceptors (Lipinski definition) is 4. The first-order valence-corrected chi connectivity index (χ1v) is 8.79. The van der Waals surface area contributed by atoms with Crippen molar-refractivity contribution in [1.82, 2.24) is 0 Å². The van der Waals surface area contributed by atoms with Crippen molar-refractivity contribution < 1.29 is 14.3 Å². The Morgan fingerprint density at radius 3 is 2.33 bits per heavy atom. The summed E-state index contributed by atoms with van der Waals surface area (Å²) >= 11 is 0. The standard InChI is InChI=1S/C23H19NO3/c1-22(19-8-7-16-5-3-4-6-17(16)13-19)14-21(25)27-23(22,15-24)18-9-11-20(26-2)12-10-18/h3-13H,14H2,1-2H3/t22-,23-/m0/s1. The van der Waals surface area contributed by atoms with E-state index in [9.17, 15) is 10.1 Å². The second-order valence-corrected chi connectivity index (χ2v) is 7.07. The zero-order valence-corrected chi connectivity index (χ0v) is 15.2. The predicted octanol–water partition coefficient (Wildman–Crippen LogP) is 4.47. The summed E-state index contributed by atoms with van der Waals surface area (Å²) in [7, 11) is 1.59. The van der Waals surface area contributed by atoms with Crippen LogP contribution in [0.3, 0.4) is 0 Å². The third kappa shape index (κ3) is 2.47. The van der Waals surface area contributed by atoms with E-state index in [0.29, 0.717) is 11.3 Å². The van der Waals surface area contributed by atoms with Crippen LogP contribution in [0.15, 0.2) is 66.7 Å². The first-order valence-electron chi connectivity index (χ1n) is 8.79. The van der Waals surface area contributed by atoms with Gasteiger partial charge in [0.05, 0.1) is 18.9 Å². The van der Waals surface area contributed by atoms with Crippen LogP contribution >= 0.6 is 0 Å². The molecule has 134 valence electrons. The van der Waals surface area contributed by atoms with Gasteiger partial charge in [-0.1, -0.05) is 54.6 Å². The maximum absolute atomic E-state index is 12.4. The van der Waals surface area contributed by atoms with Gasteiger partial charge < -0.3 is 9.47 Å². The van der Waals surface area contributed by atoms with Crippen molar-refractivity contribution in [3.8, 4) is 11.8 Å². The number of carbonyl (C=O) groups excluding carboxylic acids is 1. The predicted molar refractivity (Wildman–Crippen MR) is 102 cm³/mol. The van der Waals surface area contributed by atoms with E-state index in [1.807, 2.05) is 49.4 Å². The van der Waals surface area contributed by atoms with Crippen LogP contribution in [0.25, 0.3) is 10.8 Å². The Labute approximate surface area is 158 Å². The molecule has 4 rings (SSSR count). The van der Waals surface area contributed by atoms with Gasteiger partial charge in [-0.25, -0.2) is 0 Å². The molecule has 1 aliphatic heterocycles. The Bertz CT molecular complexity index is 1070. The first kappa shape index (κ1) is 17.1. The monoisotopic (exact) mass is 357 g/mol. The third-order valence-electron chi connectivity index (χ3n) is 5.58. The Morgan fingerprint density at radius 2 is 1.67 bits per heavy atom. The molecule has 0 aliphatic carbocycles. The van der Waals surface area contributed by atoms with Crippen LogP contribution in [0.5, 0.6) is 5.75 Å². The summed E-state index contributed by atoms with van der Waals surface area (Å²) in [5, 5.41) is 12.3. The largest absolute Gasteiger partial charge is 0.497 e. The van der Waals surface area contributed by atoms with Gasteiger partial charge in [-0.3, -0.25) is 4.79 Å². The van der Waals surface area contributed by atoms with E-state index in [-0.39, 0.29) is 12.4 Å². The number of cyclic esters (lactones) is 1. The zero-order chi connectivity index (χ0) is 19.1. The molecule has 0 amide bonds. The number of nitriles is 1. The number of nitrogens with zero attached hydrogens (tertiary/aromatic N) is 1. The third-order valence-corrected chi connectivity index (χ3v) is 5.58. The van der Waals surface area contributed by atoms with Crippen molar-refractivity contribution in [1.29, 1.82) is 5.26 Å². The van der Waals surface area contributed by atoms with E-state index in [1.54, 1.807) is 31.4 Å². The van der Waals surface area contributed by atoms with Crippen LogP contribution in [0, 0.1) is 11.3 Å². The van der Waals surface area contributed by atoms with Gasteiger partial charge in [-0.2, -0.15) is 5.26 Å². The second-order valence-electron chi connectivity index (χ2n) is 7.07. The normalized spacial score (nSPS) is 24.4. The lowest BCUT2D eigenvalue weighted by Crippen LogP contribution is -2.42. The minimum atomic E-state index is -1.39. The fourth-order valence-electron chi connectivity index (χ4n) is 3.98. The molecule has 0 radical (unpaired) electrons. The van der Waals surface area contributed by atoms with Crippen LogP contribution in [-0.2, 0) is 20.5 Å². The number of benzene rings is 3. The molecule has 27 heavy (non-hydrogen) atoms. The fraction of sp³-hybridized carbons (Fsp3) is 0.217. The van der Waals surface area contributed by atoms with Crippen molar-refractivity contribution in [3.63, 3.8) is 0 Å². The lowest BCUT2D eigenvalue weighted by Gasteiger charge is -2.36. The van der Waals surface area contributed by atoms with Crippen molar-refractivity contribution in [2.24, 2.45) is 0 Å². The van der Waals surface area contributed by atoms with Crippen LogP contribution < -0.4 is 4.74 Å². The number of fused-ring (bicyclic) bond motifs is 1.